The summed E-state index contributed by atoms with van der Waals surface area (Å²) in [5, 5.41) is 9.02. The fourth-order valence-corrected chi connectivity index (χ4v) is 1.76. The molecule has 0 spiro atoms. The van der Waals surface area contributed by atoms with Gasteiger partial charge in [-0.05, 0) is 19.9 Å². The van der Waals surface area contributed by atoms with Crippen LogP contribution in [-0.4, -0.2) is 29.3 Å². The summed E-state index contributed by atoms with van der Waals surface area (Å²) in [5.41, 5.74) is 5.10. The molecule has 108 valence electrons. The van der Waals surface area contributed by atoms with Gasteiger partial charge >= 0.3 is 6.18 Å². The Hall–Kier alpha value is -1.34. The monoisotopic (exact) mass is 277 g/mol. The second-order valence-electron chi connectivity index (χ2n) is 4.39. The molecule has 0 fully saturated rings. The summed E-state index contributed by atoms with van der Waals surface area (Å²) in [6.45, 7) is 3.77. The topological polar surface area (TPSA) is 62.4 Å². The first-order valence-corrected chi connectivity index (χ1v) is 5.96. The zero-order valence-corrected chi connectivity index (χ0v) is 10.9. The van der Waals surface area contributed by atoms with Crippen LogP contribution in [0.4, 0.5) is 19.0 Å². The molecule has 0 aliphatic rings. The quantitative estimate of drug-likeness (QED) is 0.861. The van der Waals surface area contributed by atoms with Gasteiger partial charge in [0.1, 0.15) is 11.5 Å². The van der Waals surface area contributed by atoms with E-state index in [4.69, 9.17) is 10.8 Å². The van der Waals surface area contributed by atoms with Gasteiger partial charge in [0, 0.05) is 24.7 Å². The van der Waals surface area contributed by atoms with Crippen molar-refractivity contribution >= 4 is 5.82 Å². The number of aliphatic hydroxyl groups excluding tert-OH is 1. The van der Waals surface area contributed by atoms with Crippen LogP contribution in [0.15, 0.2) is 12.1 Å². The van der Waals surface area contributed by atoms with E-state index in [0.717, 1.165) is 6.07 Å². The fourth-order valence-electron chi connectivity index (χ4n) is 1.76. The highest BCUT2D eigenvalue weighted by atomic mass is 19.4. The molecular formula is C12H18F3N3O. The van der Waals surface area contributed by atoms with E-state index in [1.807, 2.05) is 13.8 Å². The molecule has 0 saturated carbocycles. The summed E-state index contributed by atoms with van der Waals surface area (Å²) in [7, 11) is 0. The third-order valence-corrected chi connectivity index (χ3v) is 2.70. The van der Waals surface area contributed by atoms with Crippen LogP contribution in [0.5, 0.6) is 0 Å². The summed E-state index contributed by atoms with van der Waals surface area (Å²) in [6.07, 6.45) is -4.50. The Labute approximate surface area is 110 Å². The number of nitrogens with zero attached hydrogens (tertiary/aromatic N) is 2. The maximum Gasteiger partial charge on any atom is 0.433 e. The number of hydrogen-bond donors (Lipinski definition) is 2. The van der Waals surface area contributed by atoms with Crippen LogP contribution < -0.4 is 10.6 Å². The van der Waals surface area contributed by atoms with Crippen molar-refractivity contribution in [3.63, 3.8) is 0 Å². The molecule has 19 heavy (non-hydrogen) atoms. The molecule has 1 rings (SSSR count). The molecule has 1 aromatic heterocycles. The first-order valence-electron chi connectivity index (χ1n) is 5.96. The van der Waals surface area contributed by atoms with E-state index in [0.29, 0.717) is 5.56 Å². The Balaban J connectivity index is 3.28. The van der Waals surface area contributed by atoms with E-state index in [9.17, 15) is 13.2 Å². The molecule has 0 aliphatic heterocycles. The summed E-state index contributed by atoms with van der Waals surface area (Å²) in [6, 6.07) is 2.16. The second-order valence-corrected chi connectivity index (χ2v) is 4.39. The van der Waals surface area contributed by atoms with Crippen LogP contribution in [0.2, 0.25) is 0 Å². The maximum absolute atomic E-state index is 12.7. The average molecular weight is 277 g/mol. The SMILES string of the molecule is CC(C)N(CCO)c1nc(C(F)(F)F)ccc1CN. The van der Waals surface area contributed by atoms with E-state index in [1.165, 1.54) is 6.07 Å². The first kappa shape index (κ1) is 15.7. The molecule has 0 bridgehead atoms. The summed E-state index contributed by atoms with van der Waals surface area (Å²) in [5.74, 6) is 0.182. The van der Waals surface area contributed by atoms with E-state index in [2.05, 4.69) is 4.98 Å². The number of aliphatic hydroxyl groups is 1. The number of anilines is 1. The van der Waals surface area contributed by atoms with Crippen LogP contribution in [0, 0.1) is 0 Å². The Morgan fingerprint density at radius 3 is 2.42 bits per heavy atom. The lowest BCUT2D eigenvalue weighted by Crippen LogP contribution is -2.35. The molecule has 0 unspecified atom stereocenters. The highest BCUT2D eigenvalue weighted by Gasteiger charge is 2.33. The lowest BCUT2D eigenvalue weighted by Gasteiger charge is -2.29. The Morgan fingerprint density at radius 1 is 1.37 bits per heavy atom. The van der Waals surface area contributed by atoms with Crippen molar-refractivity contribution in [2.45, 2.75) is 32.6 Å². The second kappa shape index (κ2) is 6.21. The molecular weight excluding hydrogens is 259 g/mol. The van der Waals surface area contributed by atoms with Crippen LogP contribution in [-0.2, 0) is 12.7 Å². The van der Waals surface area contributed by atoms with Crippen molar-refractivity contribution < 1.29 is 18.3 Å². The lowest BCUT2D eigenvalue weighted by atomic mass is 10.2. The van der Waals surface area contributed by atoms with Crippen LogP contribution in [0.25, 0.3) is 0 Å². The molecule has 0 aliphatic carbocycles. The molecule has 0 saturated heterocycles. The Morgan fingerprint density at radius 2 is 2.00 bits per heavy atom. The standard InChI is InChI=1S/C12H18F3N3O/c1-8(2)18(5-6-19)11-9(7-16)3-4-10(17-11)12(13,14)15/h3-4,8,19H,5-7,16H2,1-2H3. The minimum atomic E-state index is -4.50. The van der Waals surface area contributed by atoms with Gasteiger partial charge in [0.25, 0.3) is 0 Å². The average Bonchev–Trinajstić information content (AvgIpc) is 2.33. The van der Waals surface area contributed by atoms with Crippen molar-refractivity contribution in [1.82, 2.24) is 4.98 Å². The van der Waals surface area contributed by atoms with Gasteiger partial charge in [0.05, 0.1) is 6.61 Å². The Bertz CT molecular complexity index is 421. The molecule has 3 N–H and O–H groups in total. The van der Waals surface area contributed by atoms with Crippen molar-refractivity contribution in [1.29, 1.82) is 0 Å². The normalized spacial score (nSPS) is 12.0. The van der Waals surface area contributed by atoms with Gasteiger partial charge in [-0.3, -0.25) is 0 Å². The molecule has 1 heterocycles. The van der Waals surface area contributed by atoms with E-state index >= 15 is 0 Å². The summed E-state index contributed by atoms with van der Waals surface area (Å²) in [4.78, 5) is 5.27. The number of nitrogens with two attached hydrogens (primary N) is 1. The van der Waals surface area contributed by atoms with Gasteiger partial charge in [0.15, 0.2) is 0 Å². The minimum absolute atomic E-state index is 0.0894. The zero-order chi connectivity index (χ0) is 14.6. The number of alkyl halides is 3. The smallest absolute Gasteiger partial charge is 0.395 e. The van der Waals surface area contributed by atoms with Crippen molar-refractivity contribution in [2.75, 3.05) is 18.1 Å². The lowest BCUT2D eigenvalue weighted by molar-refractivity contribution is -0.141. The first-order chi connectivity index (χ1) is 8.81. The van der Waals surface area contributed by atoms with E-state index < -0.39 is 11.9 Å². The summed E-state index contributed by atoms with van der Waals surface area (Å²) < 4.78 is 38.1. The number of aromatic nitrogens is 1. The van der Waals surface area contributed by atoms with Crippen molar-refractivity contribution in [3.05, 3.63) is 23.4 Å². The molecule has 1 aromatic rings. The van der Waals surface area contributed by atoms with Gasteiger partial charge in [-0.25, -0.2) is 4.98 Å². The highest BCUT2D eigenvalue weighted by molar-refractivity contribution is 5.49. The van der Waals surface area contributed by atoms with Gasteiger partial charge in [-0.2, -0.15) is 13.2 Å². The highest BCUT2D eigenvalue weighted by Crippen LogP contribution is 2.31. The zero-order valence-electron chi connectivity index (χ0n) is 10.9. The number of rotatable bonds is 5. The third-order valence-electron chi connectivity index (χ3n) is 2.70. The van der Waals surface area contributed by atoms with Gasteiger partial charge in [-0.1, -0.05) is 6.07 Å². The van der Waals surface area contributed by atoms with Crippen LogP contribution in [0.1, 0.15) is 25.1 Å². The molecule has 0 atom stereocenters. The molecule has 0 aromatic carbocycles. The van der Waals surface area contributed by atoms with Crippen molar-refractivity contribution in [3.8, 4) is 0 Å². The van der Waals surface area contributed by atoms with Crippen LogP contribution in [0.3, 0.4) is 0 Å². The predicted octanol–water partition coefficient (Wildman–Crippen LogP) is 1.77. The van der Waals surface area contributed by atoms with Gasteiger partial charge < -0.3 is 15.7 Å². The molecule has 4 nitrogen and oxygen atoms in total. The molecule has 0 radical (unpaired) electrons. The largest absolute Gasteiger partial charge is 0.433 e. The minimum Gasteiger partial charge on any atom is -0.395 e. The van der Waals surface area contributed by atoms with Gasteiger partial charge in [0.2, 0.25) is 0 Å². The van der Waals surface area contributed by atoms with Crippen molar-refractivity contribution in [2.24, 2.45) is 5.73 Å². The fraction of sp³-hybridized carbons (Fsp3) is 0.583. The maximum atomic E-state index is 12.7. The van der Waals surface area contributed by atoms with Gasteiger partial charge in [-0.15, -0.1) is 0 Å². The van der Waals surface area contributed by atoms with E-state index in [1.54, 1.807) is 4.90 Å². The summed E-state index contributed by atoms with van der Waals surface area (Å²) >= 11 is 0. The number of pyridine rings is 1. The number of hydrogen-bond acceptors (Lipinski definition) is 4. The molecule has 7 heteroatoms. The predicted molar refractivity (Wildman–Crippen MR) is 66.7 cm³/mol. The number of halogens is 3. The Kier molecular flexibility index (Phi) is 5.13. The third kappa shape index (κ3) is 3.81. The molecule has 0 amide bonds. The van der Waals surface area contributed by atoms with Crippen LogP contribution >= 0.6 is 0 Å². The van der Waals surface area contributed by atoms with E-state index in [-0.39, 0.29) is 31.6 Å².